The quantitative estimate of drug-likeness (QED) is 0.925. The molecular weight excluding hydrogens is 276 g/mol. The summed E-state index contributed by atoms with van der Waals surface area (Å²) in [6.07, 6.45) is 4.64. The number of hydrogen-bond donors (Lipinski definition) is 1. The molecule has 22 heavy (non-hydrogen) atoms. The zero-order valence-corrected chi connectivity index (χ0v) is 13.0. The molecule has 0 radical (unpaired) electrons. The van der Waals surface area contributed by atoms with Gasteiger partial charge in [-0.1, -0.05) is 6.92 Å². The maximum atomic E-state index is 12.1. The van der Waals surface area contributed by atoms with Crippen molar-refractivity contribution < 1.29 is 9.21 Å². The van der Waals surface area contributed by atoms with E-state index in [4.69, 9.17) is 4.42 Å². The molecule has 116 valence electrons. The highest BCUT2D eigenvalue weighted by atomic mass is 16.3. The zero-order chi connectivity index (χ0) is 15.4. The van der Waals surface area contributed by atoms with E-state index in [-0.39, 0.29) is 5.91 Å². The van der Waals surface area contributed by atoms with E-state index >= 15 is 0 Å². The van der Waals surface area contributed by atoms with E-state index in [1.54, 1.807) is 6.07 Å². The first-order chi connectivity index (χ1) is 10.8. The number of nitrogens with zero attached hydrogens (tertiary/aromatic N) is 1. The number of aryl methyl sites for hydroxylation is 1. The highest BCUT2D eigenvalue weighted by molar-refractivity contribution is 6.02. The van der Waals surface area contributed by atoms with Gasteiger partial charge in [-0.15, -0.1) is 0 Å². The van der Waals surface area contributed by atoms with Crippen LogP contribution < -0.4 is 10.2 Å². The third kappa shape index (κ3) is 3.32. The molecule has 4 heteroatoms. The lowest BCUT2D eigenvalue weighted by Gasteiger charge is -2.28. The first-order valence-electron chi connectivity index (χ1n) is 8.01. The van der Waals surface area contributed by atoms with Crippen LogP contribution in [0.25, 0.3) is 0 Å². The maximum absolute atomic E-state index is 12.1. The lowest BCUT2D eigenvalue weighted by Crippen LogP contribution is -2.29. The molecule has 0 aliphatic carbocycles. The second kappa shape index (κ2) is 6.69. The Morgan fingerprint density at radius 1 is 1.09 bits per heavy atom. The average molecular weight is 298 g/mol. The van der Waals surface area contributed by atoms with Gasteiger partial charge in [0.2, 0.25) is 0 Å². The Labute approximate surface area is 131 Å². The summed E-state index contributed by atoms with van der Waals surface area (Å²) in [4.78, 5) is 14.5. The van der Waals surface area contributed by atoms with Gasteiger partial charge in [-0.05, 0) is 55.7 Å². The van der Waals surface area contributed by atoms with Crippen LogP contribution in [0, 0.1) is 0 Å². The van der Waals surface area contributed by atoms with Gasteiger partial charge in [-0.25, -0.2) is 0 Å². The molecular formula is C18H22N2O2. The van der Waals surface area contributed by atoms with Crippen molar-refractivity contribution in [3.8, 4) is 0 Å². The molecule has 1 N–H and O–H groups in total. The standard InChI is InChI=1S/C18H22N2O2/c1-2-16-10-11-17(22-16)18(21)19-14-6-8-15(9-7-14)20-12-4-3-5-13-20/h6-11H,2-5,12-13H2,1H3,(H,19,21). The Hall–Kier alpha value is -2.23. The van der Waals surface area contributed by atoms with Gasteiger partial charge in [0.05, 0.1) is 0 Å². The second-order valence-electron chi connectivity index (χ2n) is 5.67. The molecule has 1 aromatic heterocycles. The van der Waals surface area contributed by atoms with E-state index in [1.807, 2.05) is 25.1 Å². The third-order valence-electron chi connectivity index (χ3n) is 4.08. The van der Waals surface area contributed by atoms with Gasteiger partial charge in [0.1, 0.15) is 5.76 Å². The first kappa shape index (κ1) is 14.7. The van der Waals surface area contributed by atoms with E-state index in [2.05, 4.69) is 22.3 Å². The van der Waals surface area contributed by atoms with Gasteiger partial charge < -0.3 is 14.6 Å². The van der Waals surface area contributed by atoms with Crippen LogP contribution >= 0.6 is 0 Å². The van der Waals surface area contributed by atoms with E-state index < -0.39 is 0 Å². The van der Waals surface area contributed by atoms with Crippen LogP contribution in [0.3, 0.4) is 0 Å². The topological polar surface area (TPSA) is 45.5 Å². The fourth-order valence-corrected chi connectivity index (χ4v) is 2.79. The van der Waals surface area contributed by atoms with Crippen molar-refractivity contribution in [2.24, 2.45) is 0 Å². The molecule has 1 saturated heterocycles. The molecule has 0 spiro atoms. The van der Waals surface area contributed by atoms with E-state index in [1.165, 1.54) is 24.9 Å². The van der Waals surface area contributed by atoms with Crippen molar-refractivity contribution in [3.05, 3.63) is 47.9 Å². The first-order valence-corrected chi connectivity index (χ1v) is 8.01. The van der Waals surface area contributed by atoms with Crippen molar-refractivity contribution in [1.29, 1.82) is 0 Å². The van der Waals surface area contributed by atoms with Crippen LogP contribution in [-0.4, -0.2) is 19.0 Å². The van der Waals surface area contributed by atoms with Crippen LogP contribution in [-0.2, 0) is 6.42 Å². The summed E-state index contributed by atoms with van der Waals surface area (Å²) in [5, 5.41) is 2.87. The molecule has 1 aliphatic rings. The Morgan fingerprint density at radius 3 is 2.45 bits per heavy atom. The SMILES string of the molecule is CCc1ccc(C(=O)Nc2ccc(N3CCCCC3)cc2)o1. The van der Waals surface area contributed by atoms with Gasteiger partial charge >= 0.3 is 0 Å². The number of piperidine rings is 1. The highest BCUT2D eigenvalue weighted by Gasteiger charge is 2.13. The summed E-state index contributed by atoms with van der Waals surface area (Å²) in [5.74, 6) is 0.980. The Kier molecular flexibility index (Phi) is 4.47. The lowest BCUT2D eigenvalue weighted by atomic mass is 10.1. The summed E-state index contributed by atoms with van der Waals surface area (Å²) in [6.45, 7) is 4.25. The van der Waals surface area contributed by atoms with Gasteiger partial charge in [0.15, 0.2) is 5.76 Å². The fourth-order valence-electron chi connectivity index (χ4n) is 2.79. The average Bonchev–Trinajstić information content (AvgIpc) is 3.06. The summed E-state index contributed by atoms with van der Waals surface area (Å²) >= 11 is 0. The minimum absolute atomic E-state index is 0.203. The molecule has 4 nitrogen and oxygen atoms in total. The summed E-state index contributed by atoms with van der Waals surface area (Å²) < 4.78 is 5.47. The number of rotatable bonds is 4. The highest BCUT2D eigenvalue weighted by Crippen LogP contribution is 2.22. The van der Waals surface area contributed by atoms with Crippen molar-refractivity contribution in [1.82, 2.24) is 0 Å². The molecule has 0 bridgehead atoms. The summed E-state index contributed by atoms with van der Waals surface area (Å²) in [5.41, 5.74) is 2.02. The van der Waals surface area contributed by atoms with Gasteiger partial charge in [0.25, 0.3) is 5.91 Å². The van der Waals surface area contributed by atoms with E-state index in [9.17, 15) is 4.79 Å². The molecule has 0 saturated carbocycles. The third-order valence-corrected chi connectivity index (χ3v) is 4.08. The van der Waals surface area contributed by atoms with Crippen LogP contribution in [0.4, 0.5) is 11.4 Å². The van der Waals surface area contributed by atoms with E-state index in [0.717, 1.165) is 31.0 Å². The number of carbonyl (C=O) groups is 1. The van der Waals surface area contributed by atoms with Crippen LogP contribution in [0.2, 0.25) is 0 Å². The minimum atomic E-state index is -0.203. The Balaban J connectivity index is 1.64. The van der Waals surface area contributed by atoms with E-state index in [0.29, 0.717) is 5.76 Å². The summed E-state index contributed by atoms with van der Waals surface area (Å²) in [6, 6.07) is 11.6. The van der Waals surface area contributed by atoms with Crippen LogP contribution in [0.1, 0.15) is 42.5 Å². The number of nitrogens with one attached hydrogen (secondary N) is 1. The minimum Gasteiger partial charge on any atom is -0.456 e. The molecule has 1 fully saturated rings. The molecule has 3 rings (SSSR count). The molecule has 1 amide bonds. The maximum Gasteiger partial charge on any atom is 0.291 e. The second-order valence-corrected chi connectivity index (χ2v) is 5.67. The summed E-state index contributed by atoms with van der Waals surface area (Å²) in [7, 11) is 0. The Morgan fingerprint density at radius 2 is 1.82 bits per heavy atom. The molecule has 0 unspecified atom stereocenters. The van der Waals surface area contributed by atoms with Gasteiger partial charge in [-0.2, -0.15) is 0 Å². The predicted molar refractivity (Wildman–Crippen MR) is 88.5 cm³/mol. The predicted octanol–water partition coefficient (Wildman–Crippen LogP) is 4.08. The number of amides is 1. The van der Waals surface area contributed by atoms with Crippen molar-refractivity contribution in [2.75, 3.05) is 23.3 Å². The largest absolute Gasteiger partial charge is 0.456 e. The van der Waals surface area contributed by atoms with Crippen LogP contribution in [0.15, 0.2) is 40.8 Å². The van der Waals surface area contributed by atoms with Crippen LogP contribution in [0.5, 0.6) is 0 Å². The van der Waals surface area contributed by atoms with Crippen molar-refractivity contribution >= 4 is 17.3 Å². The zero-order valence-electron chi connectivity index (χ0n) is 13.0. The van der Waals surface area contributed by atoms with Gasteiger partial charge in [0, 0.05) is 30.9 Å². The van der Waals surface area contributed by atoms with Crippen molar-refractivity contribution in [3.63, 3.8) is 0 Å². The lowest BCUT2D eigenvalue weighted by molar-refractivity contribution is 0.0995. The molecule has 1 aromatic carbocycles. The molecule has 1 aliphatic heterocycles. The monoisotopic (exact) mass is 298 g/mol. The Bertz CT molecular complexity index is 625. The number of benzene rings is 1. The van der Waals surface area contributed by atoms with Gasteiger partial charge in [-0.3, -0.25) is 4.79 Å². The normalized spacial score (nSPS) is 14.9. The smallest absolute Gasteiger partial charge is 0.291 e. The number of hydrogen-bond acceptors (Lipinski definition) is 3. The number of furan rings is 1. The fraction of sp³-hybridized carbons (Fsp3) is 0.389. The molecule has 2 heterocycles. The molecule has 2 aromatic rings. The number of anilines is 2. The molecule has 0 atom stereocenters. The number of carbonyl (C=O) groups excluding carboxylic acids is 1. The van der Waals surface area contributed by atoms with Crippen molar-refractivity contribution in [2.45, 2.75) is 32.6 Å².